The molecule has 16 heteroatoms. The molecule has 1 saturated heterocycles. The number of carbonyl (C=O) groups excluding carboxylic acids is 5. The van der Waals surface area contributed by atoms with Crippen LogP contribution in [0, 0.1) is 11.8 Å². The van der Waals surface area contributed by atoms with Gasteiger partial charge >= 0.3 is 6.03 Å². The largest absolute Gasteiger partial charge is 0.379 e. The second kappa shape index (κ2) is 19.3. The van der Waals surface area contributed by atoms with Crippen LogP contribution in [0.15, 0.2) is 48.7 Å². The summed E-state index contributed by atoms with van der Waals surface area (Å²) in [5.41, 5.74) is 4.32. The number of likely N-dealkylation sites (N-methyl/N-ethyl adjacent to an activating group) is 1. The predicted octanol–water partition coefficient (Wildman–Crippen LogP) is 4.97. The molecular formula is C46H56N10O6. The van der Waals surface area contributed by atoms with E-state index in [1.54, 1.807) is 30.3 Å². The van der Waals surface area contributed by atoms with Gasteiger partial charge in [-0.2, -0.15) is 4.98 Å². The van der Waals surface area contributed by atoms with Gasteiger partial charge in [-0.05, 0) is 93.3 Å². The molecule has 0 radical (unpaired) electrons. The highest BCUT2D eigenvalue weighted by Gasteiger charge is 2.42. The molecule has 326 valence electrons. The molecule has 62 heavy (non-hydrogen) atoms. The maximum atomic E-state index is 13.2. The fourth-order valence-corrected chi connectivity index (χ4v) is 9.42. The molecule has 0 bridgehead atoms. The van der Waals surface area contributed by atoms with Gasteiger partial charge in [0.25, 0.3) is 5.91 Å². The lowest BCUT2D eigenvalue weighted by Gasteiger charge is -2.43. The molecule has 4 heterocycles. The Morgan fingerprint density at radius 1 is 0.935 bits per heavy atom. The summed E-state index contributed by atoms with van der Waals surface area (Å²) < 4.78 is 5.82. The second-order valence-electron chi connectivity index (χ2n) is 16.8. The second-order valence-corrected chi connectivity index (χ2v) is 16.8. The van der Waals surface area contributed by atoms with Crippen molar-refractivity contribution in [2.24, 2.45) is 0 Å². The molecule has 1 aromatic heterocycles. The normalized spacial score (nSPS) is 22.5. The number of carbonyl (C=O) groups is 5. The van der Waals surface area contributed by atoms with Gasteiger partial charge in [-0.3, -0.25) is 24.5 Å². The summed E-state index contributed by atoms with van der Waals surface area (Å²) in [6, 6.07) is 12.5. The lowest BCUT2D eigenvalue weighted by molar-refractivity contribution is -0.137. The van der Waals surface area contributed by atoms with E-state index >= 15 is 0 Å². The third kappa shape index (κ3) is 9.54. The molecule has 5 N–H and O–H groups in total. The van der Waals surface area contributed by atoms with Crippen LogP contribution >= 0.6 is 0 Å². The average Bonchev–Trinajstić information content (AvgIpc) is 3.93. The number of nitrogens with zero attached hydrogens (tertiary/aromatic N) is 5. The van der Waals surface area contributed by atoms with E-state index in [-0.39, 0.29) is 42.3 Å². The van der Waals surface area contributed by atoms with E-state index < -0.39 is 11.9 Å². The Morgan fingerprint density at radius 3 is 2.45 bits per heavy atom. The molecule has 8 rings (SSSR count). The summed E-state index contributed by atoms with van der Waals surface area (Å²) in [4.78, 5) is 78.1. The van der Waals surface area contributed by atoms with Gasteiger partial charge in [0.05, 0.1) is 19.4 Å². The number of hydrogen-bond donors (Lipinski definition) is 5. The number of imide groups is 1. The third-order valence-corrected chi connectivity index (χ3v) is 12.7. The Hall–Kier alpha value is -6.05. The van der Waals surface area contributed by atoms with E-state index in [0.717, 1.165) is 86.2 Å². The number of aromatic nitrogens is 2. The summed E-state index contributed by atoms with van der Waals surface area (Å²) in [6.45, 7) is 4.12. The van der Waals surface area contributed by atoms with E-state index in [9.17, 15) is 24.0 Å². The van der Waals surface area contributed by atoms with Crippen LogP contribution in [-0.4, -0.2) is 102 Å². The van der Waals surface area contributed by atoms with Crippen molar-refractivity contribution in [3.63, 3.8) is 0 Å². The van der Waals surface area contributed by atoms with E-state index in [1.165, 1.54) is 4.90 Å². The first-order chi connectivity index (χ1) is 30.2. The molecule has 0 spiro atoms. The molecule has 3 fully saturated rings. The van der Waals surface area contributed by atoms with Gasteiger partial charge in [0, 0.05) is 73.6 Å². The molecular weight excluding hydrogens is 789 g/mol. The van der Waals surface area contributed by atoms with Crippen molar-refractivity contribution < 1.29 is 28.7 Å². The van der Waals surface area contributed by atoms with Crippen molar-refractivity contribution in [3.05, 3.63) is 65.4 Å². The Bertz CT molecular complexity index is 2230. The van der Waals surface area contributed by atoms with Crippen molar-refractivity contribution in [3.8, 4) is 11.8 Å². The lowest BCUT2D eigenvalue weighted by Crippen LogP contribution is -2.55. The number of rotatable bonds is 13. The standard InChI is InChI=1S/C46H56N10O6/c1-3-37-44(60)54(2)39-27-48-45(53-41(39)56(37)34-11-4-5-12-34)49-31-18-20-33(21-19-31)51-46(61)50-32-16-14-30(15-17-32)47-24-26-62-25-7-6-9-29-10-8-13-35-36(29)28-55(43(35)59)38-22-23-40(57)52-42(38)58/h8,10,13,18-21,27,30,32,34,37-38,47H,3-5,7,11-12,14-17,22-26,28H2,1-2H3,(H,48,49,53)(H2,50,51,61)(H,52,57,58)/t30-,32-,37-,38?/m1/s1. The van der Waals surface area contributed by atoms with Crippen molar-refractivity contribution in [2.45, 2.75) is 121 Å². The number of hydrogen-bond acceptors (Lipinski definition) is 11. The first kappa shape index (κ1) is 42.6. The summed E-state index contributed by atoms with van der Waals surface area (Å²) in [5.74, 6) is 6.74. The molecule has 1 unspecified atom stereocenters. The van der Waals surface area contributed by atoms with Crippen LogP contribution in [0.5, 0.6) is 0 Å². The molecule has 3 aliphatic heterocycles. The quantitative estimate of drug-likeness (QED) is 0.0888. The number of urea groups is 1. The summed E-state index contributed by atoms with van der Waals surface area (Å²) in [6.07, 6.45) is 11.6. The summed E-state index contributed by atoms with van der Waals surface area (Å²) >= 11 is 0. The summed E-state index contributed by atoms with van der Waals surface area (Å²) in [7, 11) is 1.80. The van der Waals surface area contributed by atoms with E-state index in [2.05, 4.69) is 55.2 Å². The topological polar surface area (TPSA) is 190 Å². The van der Waals surface area contributed by atoms with Crippen molar-refractivity contribution >= 4 is 58.5 Å². The minimum atomic E-state index is -0.653. The van der Waals surface area contributed by atoms with Gasteiger partial charge in [0.15, 0.2) is 5.82 Å². The minimum absolute atomic E-state index is 0.0852. The first-order valence-corrected chi connectivity index (χ1v) is 22.1. The molecule has 6 amide bonds. The Kier molecular flexibility index (Phi) is 13.3. The number of fused-ring (bicyclic) bond motifs is 2. The fourth-order valence-electron chi connectivity index (χ4n) is 9.42. The molecule has 2 aliphatic carbocycles. The molecule has 2 atom stereocenters. The third-order valence-electron chi connectivity index (χ3n) is 12.7. The number of benzene rings is 2. The number of anilines is 5. The molecule has 2 saturated carbocycles. The number of nitrogens with one attached hydrogen (secondary N) is 5. The monoisotopic (exact) mass is 844 g/mol. The van der Waals surface area contributed by atoms with Crippen LogP contribution in [0.3, 0.4) is 0 Å². The molecule has 3 aromatic rings. The number of piperidine rings is 1. The van der Waals surface area contributed by atoms with Gasteiger partial charge < -0.3 is 40.7 Å². The van der Waals surface area contributed by atoms with Crippen molar-refractivity contribution in [1.29, 1.82) is 0 Å². The molecule has 2 aromatic carbocycles. The van der Waals surface area contributed by atoms with Crippen LogP contribution in [0.2, 0.25) is 0 Å². The molecule has 16 nitrogen and oxygen atoms in total. The van der Waals surface area contributed by atoms with Gasteiger partial charge in [0.1, 0.15) is 17.8 Å². The predicted molar refractivity (Wildman–Crippen MR) is 235 cm³/mol. The zero-order valence-corrected chi connectivity index (χ0v) is 35.5. The van der Waals surface area contributed by atoms with E-state index in [1.807, 2.05) is 30.3 Å². The first-order valence-electron chi connectivity index (χ1n) is 22.1. The Labute approximate surface area is 362 Å². The van der Waals surface area contributed by atoms with E-state index in [4.69, 9.17) is 9.72 Å². The maximum Gasteiger partial charge on any atom is 0.319 e. The highest BCUT2D eigenvalue weighted by molar-refractivity contribution is 6.06. The number of amides is 6. The van der Waals surface area contributed by atoms with Gasteiger partial charge in [-0.25, -0.2) is 9.78 Å². The van der Waals surface area contributed by atoms with Gasteiger partial charge in [-0.1, -0.05) is 37.7 Å². The van der Waals surface area contributed by atoms with Crippen LogP contribution in [-0.2, 0) is 25.7 Å². The smallest absolute Gasteiger partial charge is 0.319 e. The summed E-state index contributed by atoms with van der Waals surface area (Å²) in [5, 5.41) is 15.3. The molecule has 5 aliphatic rings. The van der Waals surface area contributed by atoms with Crippen molar-refractivity contribution in [2.75, 3.05) is 47.2 Å². The number of ether oxygens (including phenoxy) is 1. The minimum Gasteiger partial charge on any atom is -0.379 e. The van der Waals surface area contributed by atoms with Crippen LogP contribution < -0.4 is 36.4 Å². The zero-order valence-electron chi connectivity index (χ0n) is 35.5. The Balaban J connectivity index is 0.718. The zero-order chi connectivity index (χ0) is 43.2. The highest BCUT2D eigenvalue weighted by Crippen LogP contribution is 2.40. The SMILES string of the molecule is CC[C@@H]1C(=O)N(C)c2cnc(Nc3ccc(NC(=O)N[C@H]4CC[C@H](NCCOCCC#Cc5cccc6c5CN(C5CCC(=O)NC5=O)C6=O)CC4)cc3)nc2N1C1CCCC1. The highest BCUT2D eigenvalue weighted by atomic mass is 16.5. The van der Waals surface area contributed by atoms with Crippen LogP contribution in [0.25, 0.3) is 0 Å². The average molecular weight is 845 g/mol. The van der Waals surface area contributed by atoms with Crippen LogP contribution in [0.4, 0.5) is 33.6 Å². The van der Waals surface area contributed by atoms with Gasteiger partial charge in [-0.15, -0.1) is 0 Å². The lowest BCUT2D eigenvalue weighted by atomic mass is 9.91. The maximum absolute atomic E-state index is 13.2. The van der Waals surface area contributed by atoms with Gasteiger partial charge in [0.2, 0.25) is 23.7 Å². The van der Waals surface area contributed by atoms with Crippen LogP contribution in [0.1, 0.15) is 105 Å². The Morgan fingerprint density at radius 2 is 1.69 bits per heavy atom. The fraction of sp³-hybridized carbons (Fsp3) is 0.500. The van der Waals surface area contributed by atoms with Crippen molar-refractivity contribution in [1.82, 2.24) is 30.8 Å². The van der Waals surface area contributed by atoms with E-state index in [0.29, 0.717) is 68.3 Å².